The monoisotopic (exact) mass is 368 g/mol. The molecule has 4 rings (SSSR count). The fourth-order valence-corrected chi connectivity index (χ4v) is 3.10. The molecule has 1 saturated heterocycles. The van der Waals surface area contributed by atoms with Crippen LogP contribution in [0.1, 0.15) is 25.2 Å². The maximum absolute atomic E-state index is 5.88. The van der Waals surface area contributed by atoms with Gasteiger partial charge in [0.05, 0.1) is 24.5 Å². The minimum absolute atomic E-state index is 0.0902. The van der Waals surface area contributed by atoms with Gasteiger partial charge in [-0.1, -0.05) is 30.3 Å². The number of ether oxygens (including phenoxy) is 1. The first kappa shape index (κ1) is 17.7. The lowest BCUT2D eigenvalue weighted by molar-refractivity contribution is 0.190. The molecule has 8 heteroatoms. The summed E-state index contributed by atoms with van der Waals surface area (Å²) in [5.74, 6) is 1.69. The van der Waals surface area contributed by atoms with Crippen LogP contribution in [-0.4, -0.2) is 58.1 Å². The molecule has 1 aromatic carbocycles. The summed E-state index contributed by atoms with van der Waals surface area (Å²) in [5.41, 5.74) is 1.51. The molecule has 0 bridgehead atoms. The van der Waals surface area contributed by atoms with E-state index < -0.39 is 0 Å². The zero-order valence-corrected chi connectivity index (χ0v) is 15.6. The summed E-state index contributed by atoms with van der Waals surface area (Å²) >= 11 is 0. The van der Waals surface area contributed by atoms with Crippen molar-refractivity contribution < 1.29 is 9.26 Å². The standard InChI is InChI=1S/C19H24N6O2/c1-3-11-26-16-13-25(14-7-5-4-6-8-14)22-17(16)19-21-18(23-27-19)15-12-20-9-10-24(15)2/h4-8,13,15,20H,3,9-12H2,1-2H3. The van der Waals surface area contributed by atoms with Gasteiger partial charge in [-0.2, -0.15) is 10.1 Å². The van der Waals surface area contributed by atoms with E-state index in [1.54, 1.807) is 4.68 Å². The third-order valence-electron chi connectivity index (χ3n) is 4.62. The average molecular weight is 368 g/mol. The number of likely N-dealkylation sites (N-methyl/N-ethyl adjacent to an activating group) is 1. The number of rotatable bonds is 6. The summed E-state index contributed by atoms with van der Waals surface area (Å²) < 4.78 is 13.2. The Morgan fingerprint density at radius 1 is 1.30 bits per heavy atom. The highest BCUT2D eigenvalue weighted by Gasteiger charge is 2.27. The molecular weight excluding hydrogens is 344 g/mol. The van der Waals surface area contributed by atoms with Crippen molar-refractivity contribution in [2.24, 2.45) is 0 Å². The van der Waals surface area contributed by atoms with Crippen molar-refractivity contribution in [3.8, 4) is 23.0 Å². The Hall–Kier alpha value is -2.71. The number of hydrogen-bond acceptors (Lipinski definition) is 7. The lowest BCUT2D eigenvalue weighted by Crippen LogP contribution is -2.44. The van der Waals surface area contributed by atoms with Crippen LogP contribution in [0.3, 0.4) is 0 Å². The fraction of sp³-hybridized carbons (Fsp3) is 0.421. The maximum Gasteiger partial charge on any atom is 0.282 e. The van der Waals surface area contributed by atoms with E-state index in [0.717, 1.165) is 31.7 Å². The molecule has 1 unspecified atom stereocenters. The summed E-state index contributed by atoms with van der Waals surface area (Å²) in [7, 11) is 2.07. The predicted molar refractivity (Wildman–Crippen MR) is 101 cm³/mol. The summed E-state index contributed by atoms with van der Waals surface area (Å²) in [6.07, 6.45) is 2.77. The third kappa shape index (κ3) is 3.72. The molecule has 0 amide bonds. The van der Waals surface area contributed by atoms with Crippen LogP contribution in [0.5, 0.6) is 5.75 Å². The van der Waals surface area contributed by atoms with Gasteiger partial charge in [0.1, 0.15) is 0 Å². The molecule has 3 heterocycles. The topological polar surface area (TPSA) is 81.2 Å². The Bertz CT molecular complexity index is 875. The van der Waals surface area contributed by atoms with Crippen LogP contribution in [0.15, 0.2) is 41.1 Å². The second-order valence-corrected chi connectivity index (χ2v) is 6.63. The Morgan fingerprint density at radius 3 is 2.93 bits per heavy atom. The summed E-state index contributed by atoms with van der Waals surface area (Å²) in [6.45, 7) is 5.38. The van der Waals surface area contributed by atoms with Crippen LogP contribution in [0.2, 0.25) is 0 Å². The average Bonchev–Trinajstić information content (AvgIpc) is 3.34. The molecule has 0 saturated carbocycles. The zero-order valence-electron chi connectivity index (χ0n) is 15.6. The van der Waals surface area contributed by atoms with Crippen molar-refractivity contribution in [3.63, 3.8) is 0 Å². The molecule has 1 aliphatic heterocycles. The van der Waals surface area contributed by atoms with Gasteiger partial charge in [-0.15, -0.1) is 0 Å². The first-order valence-electron chi connectivity index (χ1n) is 9.29. The van der Waals surface area contributed by atoms with Gasteiger partial charge < -0.3 is 14.6 Å². The predicted octanol–water partition coefficient (Wildman–Crippen LogP) is 2.29. The van der Waals surface area contributed by atoms with Gasteiger partial charge >= 0.3 is 0 Å². The molecule has 1 aliphatic rings. The summed E-state index contributed by atoms with van der Waals surface area (Å²) in [6, 6.07) is 9.98. The van der Waals surface area contributed by atoms with Crippen molar-refractivity contribution in [1.82, 2.24) is 30.1 Å². The van der Waals surface area contributed by atoms with Crippen LogP contribution >= 0.6 is 0 Å². The molecule has 3 aromatic rings. The molecule has 0 radical (unpaired) electrons. The van der Waals surface area contributed by atoms with Crippen LogP contribution in [-0.2, 0) is 0 Å². The molecule has 2 aromatic heterocycles. The molecule has 1 fully saturated rings. The molecule has 27 heavy (non-hydrogen) atoms. The first-order valence-corrected chi connectivity index (χ1v) is 9.29. The number of aromatic nitrogens is 4. The smallest absolute Gasteiger partial charge is 0.282 e. The second kappa shape index (κ2) is 7.89. The molecule has 0 spiro atoms. The summed E-state index contributed by atoms with van der Waals surface area (Å²) in [5, 5.41) is 12.2. The van der Waals surface area contributed by atoms with E-state index in [4.69, 9.17) is 9.26 Å². The van der Waals surface area contributed by atoms with E-state index in [1.165, 1.54) is 0 Å². The fourth-order valence-electron chi connectivity index (χ4n) is 3.10. The molecular formula is C19H24N6O2. The largest absolute Gasteiger partial charge is 0.489 e. The number of para-hydroxylation sites is 1. The van der Waals surface area contributed by atoms with Crippen molar-refractivity contribution >= 4 is 0 Å². The van der Waals surface area contributed by atoms with E-state index in [-0.39, 0.29) is 6.04 Å². The quantitative estimate of drug-likeness (QED) is 0.715. The van der Waals surface area contributed by atoms with Gasteiger partial charge in [-0.25, -0.2) is 4.68 Å². The van der Waals surface area contributed by atoms with Gasteiger partial charge in [-0.05, 0) is 25.6 Å². The van der Waals surface area contributed by atoms with Crippen LogP contribution in [0, 0.1) is 0 Å². The Morgan fingerprint density at radius 2 is 2.15 bits per heavy atom. The highest BCUT2D eigenvalue weighted by atomic mass is 16.5. The van der Waals surface area contributed by atoms with Gasteiger partial charge in [0.25, 0.3) is 5.89 Å². The van der Waals surface area contributed by atoms with E-state index >= 15 is 0 Å². The molecule has 1 N–H and O–H groups in total. The Balaban J connectivity index is 1.67. The van der Waals surface area contributed by atoms with Gasteiger partial charge in [-0.3, -0.25) is 4.90 Å². The Kier molecular flexibility index (Phi) is 5.17. The zero-order chi connectivity index (χ0) is 18.6. The van der Waals surface area contributed by atoms with Gasteiger partial charge in [0, 0.05) is 19.6 Å². The number of nitrogens with zero attached hydrogens (tertiary/aromatic N) is 5. The molecule has 8 nitrogen and oxygen atoms in total. The van der Waals surface area contributed by atoms with E-state index in [1.807, 2.05) is 36.5 Å². The lowest BCUT2D eigenvalue weighted by atomic mass is 10.2. The van der Waals surface area contributed by atoms with Crippen molar-refractivity contribution in [3.05, 3.63) is 42.4 Å². The van der Waals surface area contributed by atoms with Crippen LogP contribution in [0.25, 0.3) is 17.3 Å². The maximum atomic E-state index is 5.88. The normalized spacial score (nSPS) is 17.9. The Labute approximate surface area is 158 Å². The first-order chi connectivity index (χ1) is 13.3. The lowest BCUT2D eigenvalue weighted by Gasteiger charge is -2.30. The third-order valence-corrected chi connectivity index (χ3v) is 4.62. The van der Waals surface area contributed by atoms with E-state index in [0.29, 0.717) is 29.8 Å². The summed E-state index contributed by atoms with van der Waals surface area (Å²) in [4.78, 5) is 6.84. The molecule has 142 valence electrons. The van der Waals surface area contributed by atoms with Gasteiger partial charge in [0.2, 0.25) is 0 Å². The minimum atomic E-state index is 0.0902. The van der Waals surface area contributed by atoms with E-state index in [9.17, 15) is 0 Å². The second-order valence-electron chi connectivity index (χ2n) is 6.63. The van der Waals surface area contributed by atoms with Crippen molar-refractivity contribution in [2.75, 3.05) is 33.3 Å². The van der Waals surface area contributed by atoms with Crippen molar-refractivity contribution in [1.29, 1.82) is 0 Å². The van der Waals surface area contributed by atoms with Crippen molar-refractivity contribution in [2.45, 2.75) is 19.4 Å². The number of benzene rings is 1. The highest BCUT2D eigenvalue weighted by molar-refractivity contribution is 5.57. The number of piperazine rings is 1. The molecule has 1 atom stereocenters. The SMILES string of the molecule is CCCOc1cn(-c2ccccc2)nc1-c1nc(C2CNCCN2C)no1. The van der Waals surface area contributed by atoms with Crippen LogP contribution in [0.4, 0.5) is 0 Å². The van der Waals surface area contributed by atoms with Gasteiger partial charge in [0.15, 0.2) is 17.3 Å². The molecule has 0 aliphatic carbocycles. The van der Waals surface area contributed by atoms with Crippen LogP contribution < -0.4 is 10.1 Å². The minimum Gasteiger partial charge on any atom is -0.489 e. The highest BCUT2D eigenvalue weighted by Crippen LogP contribution is 2.30. The number of hydrogen-bond donors (Lipinski definition) is 1. The van der Waals surface area contributed by atoms with E-state index in [2.05, 4.69) is 39.4 Å². The number of nitrogens with one attached hydrogen (secondary N) is 1.